The van der Waals surface area contributed by atoms with E-state index < -0.39 is 11.5 Å². The second kappa shape index (κ2) is 4.02. The van der Waals surface area contributed by atoms with E-state index in [4.69, 9.17) is 15.3 Å². The van der Waals surface area contributed by atoms with E-state index in [2.05, 4.69) is 4.98 Å². The maximum atomic E-state index is 12.0. The van der Waals surface area contributed by atoms with Crippen molar-refractivity contribution in [2.45, 2.75) is 13.5 Å². The van der Waals surface area contributed by atoms with Gasteiger partial charge < -0.3 is 15.3 Å². The summed E-state index contributed by atoms with van der Waals surface area (Å²) in [6.45, 7) is 1.44. The molecule has 0 saturated heterocycles. The van der Waals surface area contributed by atoms with E-state index in [0.717, 1.165) is 0 Å². The van der Waals surface area contributed by atoms with Crippen LogP contribution in [0, 0.1) is 6.92 Å². The molecule has 2 aromatic rings. The van der Waals surface area contributed by atoms with Gasteiger partial charge in [-0.1, -0.05) is 0 Å². The van der Waals surface area contributed by atoms with Gasteiger partial charge in [-0.3, -0.25) is 14.2 Å². The molecule has 0 fully saturated rings. The van der Waals surface area contributed by atoms with Crippen molar-refractivity contribution in [1.82, 2.24) is 9.55 Å². The van der Waals surface area contributed by atoms with Crippen molar-refractivity contribution in [3.05, 3.63) is 28.0 Å². The average molecular weight is 237 g/mol. The number of furan rings is 1. The zero-order valence-corrected chi connectivity index (χ0v) is 9.14. The molecule has 1 amide bonds. The number of primary amides is 1. The van der Waals surface area contributed by atoms with E-state index in [-0.39, 0.29) is 35.6 Å². The number of rotatable bonds is 3. The van der Waals surface area contributed by atoms with E-state index in [1.807, 2.05) is 0 Å². The lowest BCUT2D eigenvalue weighted by Gasteiger charge is -2.01. The Balaban J connectivity index is 2.83. The Labute approximate surface area is 95.5 Å². The summed E-state index contributed by atoms with van der Waals surface area (Å²) in [5.41, 5.74) is 4.87. The normalized spacial score (nSPS) is 10.9. The van der Waals surface area contributed by atoms with Crippen LogP contribution >= 0.6 is 0 Å². The van der Waals surface area contributed by atoms with Gasteiger partial charge in [0.2, 0.25) is 5.71 Å². The summed E-state index contributed by atoms with van der Waals surface area (Å²) in [5, 5.41) is 8.86. The van der Waals surface area contributed by atoms with Crippen LogP contribution in [0.15, 0.2) is 15.5 Å². The number of carbonyl (C=O) groups is 1. The summed E-state index contributed by atoms with van der Waals surface area (Å²) >= 11 is 0. The highest BCUT2D eigenvalue weighted by Crippen LogP contribution is 2.19. The van der Waals surface area contributed by atoms with Crippen LogP contribution in [0.2, 0.25) is 0 Å². The van der Waals surface area contributed by atoms with Gasteiger partial charge in [-0.05, 0) is 6.92 Å². The van der Waals surface area contributed by atoms with Gasteiger partial charge in [-0.15, -0.1) is 0 Å². The van der Waals surface area contributed by atoms with E-state index in [0.29, 0.717) is 0 Å². The highest BCUT2D eigenvalue weighted by Gasteiger charge is 2.20. The van der Waals surface area contributed by atoms with Crippen LogP contribution in [0.5, 0.6) is 0 Å². The Morgan fingerprint density at radius 1 is 1.65 bits per heavy atom. The second-order valence-corrected chi connectivity index (χ2v) is 3.54. The van der Waals surface area contributed by atoms with Crippen LogP contribution in [-0.4, -0.2) is 27.2 Å². The highest BCUT2D eigenvalue weighted by molar-refractivity contribution is 6.05. The molecule has 2 rings (SSSR count). The van der Waals surface area contributed by atoms with Crippen molar-refractivity contribution < 1.29 is 14.3 Å². The third-order valence-electron chi connectivity index (χ3n) is 2.44. The molecule has 17 heavy (non-hydrogen) atoms. The average Bonchev–Trinajstić information content (AvgIpc) is 2.60. The minimum Gasteiger partial charge on any atom is -0.442 e. The highest BCUT2D eigenvalue weighted by atomic mass is 16.3. The number of hydrogen-bond donors (Lipinski definition) is 2. The third-order valence-corrected chi connectivity index (χ3v) is 2.44. The molecule has 3 N–H and O–H groups in total. The van der Waals surface area contributed by atoms with Crippen LogP contribution in [0.3, 0.4) is 0 Å². The molecule has 2 aromatic heterocycles. The van der Waals surface area contributed by atoms with E-state index in [1.165, 1.54) is 17.8 Å². The molecular formula is C10H11N3O4. The number of hydrogen-bond acceptors (Lipinski definition) is 5. The van der Waals surface area contributed by atoms with Gasteiger partial charge in [0.15, 0.2) is 0 Å². The lowest BCUT2D eigenvalue weighted by molar-refractivity contribution is 0.1000. The summed E-state index contributed by atoms with van der Waals surface area (Å²) < 4.78 is 6.38. The second-order valence-electron chi connectivity index (χ2n) is 3.54. The molecule has 2 heterocycles. The van der Waals surface area contributed by atoms with Crippen molar-refractivity contribution in [2.75, 3.05) is 6.61 Å². The summed E-state index contributed by atoms with van der Waals surface area (Å²) in [6, 6.07) is 0. The van der Waals surface area contributed by atoms with Gasteiger partial charge in [-0.25, -0.2) is 4.98 Å². The molecule has 7 heteroatoms. The molecule has 0 aliphatic rings. The monoisotopic (exact) mass is 237 g/mol. The summed E-state index contributed by atoms with van der Waals surface area (Å²) in [5.74, 6) is -0.472. The van der Waals surface area contributed by atoms with Crippen LogP contribution in [-0.2, 0) is 6.54 Å². The SMILES string of the molecule is Cc1oc2ncn(CCO)c(=O)c2c1C(N)=O. The van der Waals surface area contributed by atoms with Crippen LogP contribution in [0.1, 0.15) is 16.1 Å². The van der Waals surface area contributed by atoms with Crippen LogP contribution in [0.4, 0.5) is 0 Å². The van der Waals surface area contributed by atoms with Crippen molar-refractivity contribution in [1.29, 1.82) is 0 Å². The molecule has 0 atom stereocenters. The number of aryl methyl sites for hydroxylation is 1. The topological polar surface area (TPSA) is 111 Å². The molecule has 0 bridgehead atoms. The zero-order chi connectivity index (χ0) is 12.6. The van der Waals surface area contributed by atoms with Gasteiger partial charge in [0.25, 0.3) is 11.5 Å². The Hall–Kier alpha value is -2.15. The molecule has 90 valence electrons. The number of aliphatic hydroxyl groups is 1. The van der Waals surface area contributed by atoms with Crippen molar-refractivity contribution in [2.24, 2.45) is 5.73 Å². The Bertz CT molecular complexity index is 641. The first-order chi connectivity index (χ1) is 8.06. The number of amides is 1. The number of nitrogens with zero attached hydrogens (tertiary/aromatic N) is 2. The van der Waals surface area contributed by atoms with Gasteiger partial charge in [0, 0.05) is 0 Å². The zero-order valence-electron chi connectivity index (χ0n) is 9.14. The van der Waals surface area contributed by atoms with E-state index in [9.17, 15) is 9.59 Å². The fourth-order valence-corrected chi connectivity index (χ4v) is 1.70. The predicted octanol–water partition coefficient (Wildman–Crippen LogP) is -0.611. The maximum Gasteiger partial charge on any atom is 0.265 e. The van der Waals surface area contributed by atoms with E-state index in [1.54, 1.807) is 0 Å². The number of aromatic nitrogens is 2. The molecular weight excluding hydrogens is 226 g/mol. The van der Waals surface area contributed by atoms with Gasteiger partial charge in [0.1, 0.15) is 17.5 Å². The quantitative estimate of drug-likeness (QED) is 0.739. The minimum atomic E-state index is -0.734. The fraction of sp³-hybridized carbons (Fsp3) is 0.300. The molecule has 0 aromatic carbocycles. The van der Waals surface area contributed by atoms with Crippen LogP contribution < -0.4 is 11.3 Å². The number of fused-ring (bicyclic) bond motifs is 1. The predicted molar refractivity (Wildman–Crippen MR) is 58.6 cm³/mol. The fourth-order valence-electron chi connectivity index (χ4n) is 1.70. The van der Waals surface area contributed by atoms with Gasteiger partial charge in [0.05, 0.1) is 18.7 Å². The maximum absolute atomic E-state index is 12.0. The lowest BCUT2D eigenvalue weighted by atomic mass is 10.2. The number of carbonyl (C=O) groups excluding carboxylic acids is 1. The van der Waals surface area contributed by atoms with Crippen molar-refractivity contribution in [3.8, 4) is 0 Å². The van der Waals surface area contributed by atoms with Crippen molar-refractivity contribution in [3.63, 3.8) is 0 Å². The Morgan fingerprint density at radius 2 is 2.35 bits per heavy atom. The lowest BCUT2D eigenvalue weighted by Crippen LogP contribution is -2.24. The summed E-state index contributed by atoms with van der Waals surface area (Å²) in [4.78, 5) is 27.2. The third kappa shape index (κ3) is 1.70. The molecule has 0 spiro atoms. The van der Waals surface area contributed by atoms with E-state index >= 15 is 0 Å². The van der Waals surface area contributed by atoms with Gasteiger partial charge in [-0.2, -0.15) is 0 Å². The summed E-state index contributed by atoms with van der Waals surface area (Å²) in [6.07, 6.45) is 1.26. The smallest absolute Gasteiger partial charge is 0.265 e. The molecule has 0 radical (unpaired) electrons. The minimum absolute atomic E-state index is 0.0461. The molecule has 0 aliphatic heterocycles. The molecule has 0 unspecified atom stereocenters. The van der Waals surface area contributed by atoms with Gasteiger partial charge >= 0.3 is 0 Å². The first-order valence-corrected chi connectivity index (χ1v) is 4.95. The van der Waals surface area contributed by atoms with Crippen LogP contribution in [0.25, 0.3) is 11.1 Å². The van der Waals surface area contributed by atoms with Crippen molar-refractivity contribution >= 4 is 17.0 Å². The molecule has 0 aliphatic carbocycles. The largest absolute Gasteiger partial charge is 0.442 e. The Morgan fingerprint density at radius 3 is 2.94 bits per heavy atom. The molecule has 0 saturated carbocycles. The number of aliphatic hydroxyl groups excluding tert-OH is 1. The standard InChI is InChI=1S/C10H11N3O4/c1-5-6(8(11)15)7-9(17-5)12-4-13(2-3-14)10(7)16/h4,14H,2-3H2,1H3,(H2,11,15). The first kappa shape index (κ1) is 11.3. The first-order valence-electron chi connectivity index (χ1n) is 4.95. The Kier molecular flexibility index (Phi) is 2.68. The number of nitrogens with two attached hydrogens (primary N) is 1. The summed E-state index contributed by atoms with van der Waals surface area (Å²) in [7, 11) is 0. The molecule has 7 nitrogen and oxygen atoms in total.